The Balaban J connectivity index is 1.67. The fourth-order valence-electron chi connectivity index (χ4n) is 6.18. The second-order valence-electron chi connectivity index (χ2n) is 12.2. The Morgan fingerprint density at radius 1 is 0.718 bits per heavy atom. The molecule has 39 heavy (non-hydrogen) atoms. The minimum absolute atomic E-state index is 0.253. The van der Waals surface area contributed by atoms with Crippen LogP contribution in [0.4, 0.5) is 5.69 Å². The molecule has 1 saturated carbocycles. The molecule has 2 heteroatoms. The van der Waals surface area contributed by atoms with Gasteiger partial charge in [0.05, 0.1) is 5.69 Å². The van der Waals surface area contributed by atoms with Crippen LogP contribution < -0.4 is 0 Å². The summed E-state index contributed by atoms with van der Waals surface area (Å²) in [6.45, 7) is 11.0. The first kappa shape index (κ1) is 26.9. The van der Waals surface area contributed by atoms with Crippen LogP contribution in [-0.2, 0) is 10.8 Å². The summed E-state index contributed by atoms with van der Waals surface area (Å²) in [6.07, 6.45) is 6.93. The van der Waals surface area contributed by atoms with Crippen molar-refractivity contribution in [3.63, 3.8) is 0 Å². The largest absolute Gasteiger partial charge is 0.507 e. The summed E-state index contributed by atoms with van der Waals surface area (Å²) in [5.74, 6) is 0.873. The van der Waals surface area contributed by atoms with Crippen LogP contribution in [0.3, 0.4) is 0 Å². The molecule has 4 aromatic rings. The second-order valence-corrected chi connectivity index (χ2v) is 12.2. The minimum atomic E-state index is -0.394. The summed E-state index contributed by atoms with van der Waals surface area (Å²) >= 11 is 0. The normalized spacial score (nSPS) is 14.8. The molecule has 0 heterocycles. The molecular weight excluding hydrogens is 474 g/mol. The molecule has 0 atom stereocenters. The number of rotatable bonds is 7. The van der Waals surface area contributed by atoms with Gasteiger partial charge < -0.3 is 5.11 Å². The van der Waals surface area contributed by atoms with E-state index in [-0.39, 0.29) is 5.41 Å². The summed E-state index contributed by atoms with van der Waals surface area (Å²) in [5, 5.41) is 11.8. The van der Waals surface area contributed by atoms with Crippen molar-refractivity contribution in [3.05, 3.63) is 130 Å². The molecular formula is C37H41NO. The van der Waals surface area contributed by atoms with E-state index in [0.717, 1.165) is 22.4 Å². The molecule has 4 aromatic carbocycles. The van der Waals surface area contributed by atoms with Gasteiger partial charge in [-0.3, -0.25) is 4.99 Å². The van der Waals surface area contributed by atoms with Gasteiger partial charge in [0.15, 0.2) is 0 Å². The number of phenols is 1. The number of nitrogens with zero attached hydrogens (tertiary/aromatic N) is 1. The monoisotopic (exact) mass is 515 g/mol. The topological polar surface area (TPSA) is 32.6 Å². The molecule has 1 N–H and O–H groups in total. The fourth-order valence-corrected chi connectivity index (χ4v) is 6.18. The van der Waals surface area contributed by atoms with Gasteiger partial charge in [0.25, 0.3) is 0 Å². The number of benzene rings is 4. The van der Waals surface area contributed by atoms with Crippen molar-refractivity contribution >= 4 is 11.9 Å². The molecule has 0 unspecified atom stereocenters. The number of aliphatic imine (C=N–C) groups is 1. The van der Waals surface area contributed by atoms with E-state index in [0.29, 0.717) is 11.7 Å². The van der Waals surface area contributed by atoms with Gasteiger partial charge in [0, 0.05) is 28.2 Å². The average Bonchev–Trinajstić information content (AvgIpc) is 3.49. The first-order chi connectivity index (χ1) is 18.7. The van der Waals surface area contributed by atoms with Gasteiger partial charge in [-0.2, -0.15) is 0 Å². The highest BCUT2D eigenvalue weighted by Crippen LogP contribution is 2.43. The molecule has 5 rings (SSSR count). The second kappa shape index (κ2) is 10.8. The zero-order valence-corrected chi connectivity index (χ0v) is 24.0. The van der Waals surface area contributed by atoms with Crippen LogP contribution >= 0.6 is 0 Å². The Morgan fingerprint density at radius 3 is 1.92 bits per heavy atom. The van der Waals surface area contributed by atoms with E-state index >= 15 is 0 Å². The molecule has 1 aliphatic carbocycles. The van der Waals surface area contributed by atoms with Crippen molar-refractivity contribution in [1.29, 1.82) is 0 Å². The zero-order valence-electron chi connectivity index (χ0n) is 24.0. The van der Waals surface area contributed by atoms with Crippen LogP contribution in [0, 0.1) is 6.92 Å². The third kappa shape index (κ3) is 5.30. The molecule has 0 spiro atoms. The minimum Gasteiger partial charge on any atom is -0.507 e. The maximum absolute atomic E-state index is 11.8. The maximum Gasteiger partial charge on any atom is 0.128 e. The van der Waals surface area contributed by atoms with Gasteiger partial charge in [-0.1, -0.05) is 125 Å². The van der Waals surface area contributed by atoms with Gasteiger partial charge in [-0.15, -0.1) is 0 Å². The smallest absolute Gasteiger partial charge is 0.128 e. The average molecular weight is 516 g/mol. The Kier molecular flexibility index (Phi) is 7.49. The van der Waals surface area contributed by atoms with Crippen LogP contribution in [0.2, 0.25) is 0 Å². The van der Waals surface area contributed by atoms with Crippen molar-refractivity contribution in [1.82, 2.24) is 0 Å². The fraction of sp³-hybridized carbons (Fsp3) is 0.324. The lowest BCUT2D eigenvalue weighted by Gasteiger charge is -2.32. The van der Waals surface area contributed by atoms with Gasteiger partial charge >= 0.3 is 0 Å². The number of phenolic OH excluding ortho intramolecular Hbond substituents is 1. The highest BCUT2D eigenvalue weighted by Gasteiger charge is 2.31. The Morgan fingerprint density at radius 2 is 1.31 bits per heavy atom. The Labute approximate surface area is 234 Å². The lowest BCUT2D eigenvalue weighted by atomic mass is 9.72. The van der Waals surface area contributed by atoms with E-state index in [1.165, 1.54) is 47.9 Å². The summed E-state index contributed by atoms with van der Waals surface area (Å²) in [4.78, 5) is 5.09. The molecule has 1 aliphatic rings. The first-order valence-corrected chi connectivity index (χ1v) is 14.3. The van der Waals surface area contributed by atoms with Gasteiger partial charge in [-0.05, 0) is 59.6 Å². The third-order valence-electron chi connectivity index (χ3n) is 8.92. The van der Waals surface area contributed by atoms with E-state index in [1.54, 1.807) is 0 Å². The van der Waals surface area contributed by atoms with Crippen molar-refractivity contribution in [2.45, 2.75) is 77.0 Å². The van der Waals surface area contributed by atoms with E-state index in [4.69, 9.17) is 4.99 Å². The molecule has 2 nitrogen and oxygen atoms in total. The van der Waals surface area contributed by atoms with E-state index in [1.807, 2.05) is 12.3 Å². The molecule has 0 saturated heterocycles. The van der Waals surface area contributed by atoms with Crippen LogP contribution in [0.1, 0.15) is 98.2 Å². The van der Waals surface area contributed by atoms with Crippen LogP contribution in [-0.4, -0.2) is 11.3 Å². The van der Waals surface area contributed by atoms with Crippen molar-refractivity contribution in [2.24, 2.45) is 4.99 Å². The Bertz CT molecular complexity index is 1460. The summed E-state index contributed by atoms with van der Waals surface area (Å²) < 4.78 is 0. The van der Waals surface area contributed by atoms with E-state index < -0.39 is 5.41 Å². The molecule has 0 bridgehead atoms. The SMILES string of the molecule is Cc1cccc(C2CCCC2)c1N=Cc1cc(C(C)(C)c2ccccc2)cc(C(C)(C)c2ccccc2)c1O. The first-order valence-electron chi connectivity index (χ1n) is 14.3. The lowest BCUT2D eigenvalue weighted by Crippen LogP contribution is -2.24. The molecule has 1 fully saturated rings. The molecule has 0 radical (unpaired) electrons. The van der Waals surface area contributed by atoms with Gasteiger partial charge in [0.1, 0.15) is 5.75 Å². The highest BCUT2D eigenvalue weighted by molar-refractivity contribution is 5.87. The predicted molar refractivity (Wildman–Crippen MR) is 165 cm³/mol. The number of aryl methyl sites for hydroxylation is 1. The summed E-state index contributed by atoms with van der Waals surface area (Å²) in [6, 6.07) is 31.9. The van der Waals surface area contributed by atoms with E-state index in [9.17, 15) is 5.11 Å². The number of aromatic hydroxyl groups is 1. The molecule has 0 aliphatic heterocycles. The van der Waals surface area contributed by atoms with Crippen molar-refractivity contribution in [3.8, 4) is 5.75 Å². The number of para-hydroxylation sites is 1. The van der Waals surface area contributed by atoms with E-state index in [2.05, 4.69) is 120 Å². The van der Waals surface area contributed by atoms with Gasteiger partial charge in [-0.25, -0.2) is 0 Å². The quantitative estimate of drug-likeness (QED) is 0.244. The predicted octanol–water partition coefficient (Wildman–Crippen LogP) is 9.76. The van der Waals surface area contributed by atoms with Crippen molar-refractivity contribution in [2.75, 3.05) is 0 Å². The van der Waals surface area contributed by atoms with Crippen LogP contribution in [0.5, 0.6) is 5.75 Å². The number of hydrogen-bond donors (Lipinski definition) is 1. The Hall–Kier alpha value is -3.65. The van der Waals surface area contributed by atoms with Crippen LogP contribution in [0.25, 0.3) is 0 Å². The summed E-state index contributed by atoms with van der Waals surface area (Å²) in [7, 11) is 0. The third-order valence-corrected chi connectivity index (χ3v) is 8.92. The lowest BCUT2D eigenvalue weighted by molar-refractivity contribution is 0.451. The molecule has 0 amide bonds. The van der Waals surface area contributed by atoms with Crippen LogP contribution in [0.15, 0.2) is 96.0 Å². The standard InChI is InChI=1S/C37H41NO/c1-26-15-14-22-32(27-16-12-13-17-27)34(26)38-25-28-23-31(36(2,3)29-18-8-6-9-19-29)24-33(35(28)39)37(4,5)30-20-10-7-11-21-30/h6-11,14-15,18-25,27,39H,12-13,16-17H2,1-5H3. The van der Waals surface area contributed by atoms with Gasteiger partial charge in [0.2, 0.25) is 0 Å². The molecule has 0 aromatic heterocycles. The zero-order chi connectivity index (χ0) is 27.6. The van der Waals surface area contributed by atoms with Crippen molar-refractivity contribution < 1.29 is 5.11 Å². The molecule has 200 valence electrons. The maximum atomic E-state index is 11.8. The highest BCUT2D eigenvalue weighted by atomic mass is 16.3. The summed E-state index contributed by atoms with van der Waals surface area (Å²) in [5.41, 5.74) is 8.17. The number of hydrogen-bond acceptors (Lipinski definition) is 2.